The van der Waals surface area contributed by atoms with Crippen molar-refractivity contribution in [2.75, 3.05) is 5.32 Å². The summed E-state index contributed by atoms with van der Waals surface area (Å²) in [6.45, 7) is 3.71. The molecule has 1 aromatic heterocycles. The van der Waals surface area contributed by atoms with Gasteiger partial charge in [-0.2, -0.15) is 0 Å². The first-order chi connectivity index (χ1) is 11.0. The van der Waals surface area contributed by atoms with Gasteiger partial charge in [-0.15, -0.1) is 0 Å². The van der Waals surface area contributed by atoms with Crippen molar-refractivity contribution in [1.82, 2.24) is 5.16 Å². The van der Waals surface area contributed by atoms with Gasteiger partial charge in [0.05, 0.1) is 0 Å². The molecule has 2 aromatic carbocycles. The molecule has 0 aliphatic carbocycles. The average Bonchev–Trinajstić information content (AvgIpc) is 2.92. The molecule has 3 rings (SSSR count). The molecule has 4 nitrogen and oxygen atoms in total. The minimum atomic E-state index is -0.252. The Balaban J connectivity index is 1.93. The Morgan fingerprint density at radius 1 is 1.04 bits per heavy atom. The van der Waals surface area contributed by atoms with Crippen LogP contribution in [0, 0.1) is 13.8 Å². The zero-order valence-corrected chi connectivity index (χ0v) is 13.5. The Morgan fingerprint density at radius 2 is 1.70 bits per heavy atom. The zero-order valence-electron chi connectivity index (χ0n) is 12.8. The minimum Gasteiger partial charge on any atom is -0.360 e. The van der Waals surface area contributed by atoms with E-state index >= 15 is 0 Å². The Morgan fingerprint density at radius 3 is 2.35 bits per heavy atom. The molecule has 1 N–H and O–H groups in total. The molecule has 23 heavy (non-hydrogen) atoms. The third kappa shape index (κ3) is 3.27. The fourth-order valence-electron chi connectivity index (χ4n) is 2.27. The van der Waals surface area contributed by atoms with E-state index in [0.717, 1.165) is 16.8 Å². The summed E-state index contributed by atoms with van der Waals surface area (Å²) in [6, 6.07) is 14.7. The maximum Gasteiger partial charge on any atom is 0.261 e. The first kappa shape index (κ1) is 15.3. The van der Waals surface area contributed by atoms with Gasteiger partial charge in [0, 0.05) is 16.3 Å². The van der Waals surface area contributed by atoms with Crippen LogP contribution in [0.2, 0.25) is 5.02 Å². The van der Waals surface area contributed by atoms with Gasteiger partial charge in [0.15, 0.2) is 0 Å². The number of hydrogen-bond acceptors (Lipinski definition) is 3. The Bertz CT molecular complexity index is 836. The summed E-state index contributed by atoms with van der Waals surface area (Å²) in [5.74, 6) is 0.220. The highest BCUT2D eigenvalue weighted by Crippen LogP contribution is 2.27. The van der Waals surface area contributed by atoms with Crippen molar-refractivity contribution in [2.45, 2.75) is 13.8 Å². The SMILES string of the molecule is Cc1ccc(NC(=O)c2c(-c3ccc(Cl)cc3)noc2C)cc1. The molecule has 0 radical (unpaired) electrons. The number of carbonyl (C=O) groups is 1. The average molecular weight is 327 g/mol. The lowest BCUT2D eigenvalue weighted by Gasteiger charge is -2.06. The van der Waals surface area contributed by atoms with Crippen LogP contribution in [0.4, 0.5) is 5.69 Å². The van der Waals surface area contributed by atoms with Crippen molar-refractivity contribution < 1.29 is 9.32 Å². The standard InChI is InChI=1S/C18H15ClN2O2/c1-11-3-9-15(10-4-11)20-18(22)16-12(2)23-21-17(16)13-5-7-14(19)8-6-13/h3-10H,1-2H3,(H,20,22). The van der Waals surface area contributed by atoms with Crippen molar-refractivity contribution >= 4 is 23.2 Å². The molecule has 1 amide bonds. The highest BCUT2D eigenvalue weighted by molar-refractivity contribution is 6.30. The summed E-state index contributed by atoms with van der Waals surface area (Å²) in [4.78, 5) is 12.6. The van der Waals surface area contributed by atoms with Crippen LogP contribution in [0.15, 0.2) is 53.1 Å². The van der Waals surface area contributed by atoms with E-state index in [1.54, 1.807) is 19.1 Å². The van der Waals surface area contributed by atoms with Crippen molar-refractivity contribution in [2.24, 2.45) is 0 Å². The maximum atomic E-state index is 12.6. The lowest BCUT2D eigenvalue weighted by atomic mass is 10.1. The van der Waals surface area contributed by atoms with E-state index in [9.17, 15) is 4.79 Å². The van der Waals surface area contributed by atoms with Crippen LogP contribution in [0.5, 0.6) is 0 Å². The van der Waals surface area contributed by atoms with Crippen LogP contribution in [0.25, 0.3) is 11.3 Å². The van der Waals surface area contributed by atoms with Gasteiger partial charge in [-0.1, -0.05) is 46.6 Å². The normalized spacial score (nSPS) is 10.6. The van der Waals surface area contributed by atoms with Gasteiger partial charge >= 0.3 is 0 Å². The third-order valence-corrected chi connectivity index (χ3v) is 3.77. The second kappa shape index (κ2) is 6.26. The molecular weight excluding hydrogens is 312 g/mol. The Hall–Kier alpha value is -2.59. The monoisotopic (exact) mass is 326 g/mol. The Labute approximate surface area is 139 Å². The quantitative estimate of drug-likeness (QED) is 0.747. The van der Waals surface area contributed by atoms with Crippen LogP contribution < -0.4 is 5.32 Å². The molecule has 0 fully saturated rings. The molecule has 0 spiro atoms. The van der Waals surface area contributed by atoms with Gasteiger partial charge in [-0.3, -0.25) is 4.79 Å². The molecule has 5 heteroatoms. The highest BCUT2D eigenvalue weighted by atomic mass is 35.5. The van der Waals surface area contributed by atoms with E-state index < -0.39 is 0 Å². The summed E-state index contributed by atoms with van der Waals surface area (Å²) in [5, 5.41) is 7.51. The minimum absolute atomic E-state index is 0.252. The number of anilines is 1. The number of nitrogens with zero attached hydrogens (tertiary/aromatic N) is 1. The number of amides is 1. The molecule has 0 saturated heterocycles. The summed E-state index contributed by atoms with van der Waals surface area (Å²) >= 11 is 5.90. The van der Waals surface area contributed by atoms with Crippen molar-refractivity contribution in [3.05, 3.63) is 70.4 Å². The molecule has 0 aliphatic rings. The predicted octanol–water partition coefficient (Wildman–Crippen LogP) is 4.86. The number of hydrogen-bond donors (Lipinski definition) is 1. The topological polar surface area (TPSA) is 55.1 Å². The second-order valence-corrected chi connectivity index (χ2v) is 5.73. The molecule has 0 saturated carbocycles. The predicted molar refractivity (Wildman–Crippen MR) is 90.8 cm³/mol. The van der Waals surface area contributed by atoms with Gasteiger partial charge in [-0.25, -0.2) is 0 Å². The van der Waals surface area contributed by atoms with Gasteiger partial charge in [0.1, 0.15) is 17.0 Å². The molecule has 116 valence electrons. The molecule has 3 aromatic rings. The lowest BCUT2D eigenvalue weighted by Crippen LogP contribution is -2.13. The number of carbonyl (C=O) groups excluding carboxylic acids is 1. The van der Waals surface area contributed by atoms with E-state index in [0.29, 0.717) is 22.0 Å². The van der Waals surface area contributed by atoms with Crippen molar-refractivity contribution in [3.63, 3.8) is 0 Å². The first-order valence-corrected chi connectivity index (χ1v) is 7.52. The third-order valence-electron chi connectivity index (χ3n) is 3.52. The largest absolute Gasteiger partial charge is 0.360 e. The number of nitrogens with one attached hydrogen (secondary N) is 1. The van der Waals surface area contributed by atoms with Crippen LogP contribution in [0.3, 0.4) is 0 Å². The molecular formula is C18H15ClN2O2. The van der Waals surface area contributed by atoms with Crippen molar-refractivity contribution in [1.29, 1.82) is 0 Å². The first-order valence-electron chi connectivity index (χ1n) is 7.15. The lowest BCUT2D eigenvalue weighted by molar-refractivity contribution is 0.102. The number of halogens is 1. The van der Waals surface area contributed by atoms with E-state index in [2.05, 4.69) is 10.5 Å². The Kier molecular flexibility index (Phi) is 4.17. The van der Waals surface area contributed by atoms with E-state index in [1.165, 1.54) is 0 Å². The molecule has 0 aliphatic heterocycles. The zero-order chi connectivity index (χ0) is 16.4. The van der Waals surface area contributed by atoms with Gasteiger partial charge < -0.3 is 9.84 Å². The van der Waals surface area contributed by atoms with Crippen LogP contribution >= 0.6 is 11.6 Å². The van der Waals surface area contributed by atoms with Gasteiger partial charge in [0.2, 0.25) is 0 Å². The smallest absolute Gasteiger partial charge is 0.261 e. The van der Waals surface area contributed by atoms with Crippen LogP contribution in [0.1, 0.15) is 21.7 Å². The number of rotatable bonds is 3. The summed E-state index contributed by atoms with van der Waals surface area (Å²) < 4.78 is 5.21. The van der Waals surface area contributed by atoms with Gasteiger partial charge in [-0.05, 0) is 38.1 Å². The molecule has 1 heterocycles. The molecule has 0 atom stereocenters. The van der Waals surface area contributed by atoms with Crippen LogP contribution in [-0.4, -0.2) is 11.1 Å². The number of aryl methyl sites for hydroxylation is 2. The molecule has 0 unspecified atom stereocenters. The number of benzene rings is 2. The summed E-state index contributed by atoms with van der Waals surface area (Å²) in [6.07, 6.45) is 0. The maximum absolute atomic E-state index is 12.6. The summed E-state index contributed by atoms with van der Waals surface area (Å²) in [7, 11) is 0. The molecule has 0 bridgehead atoms. The highest BCUT2D eigenvalue weighted by Gasteiger charge is 2.21. The van der Waals surface area contributed by atoms with E-state index in [4.69, 9.17) is 16.1 Å². The second-order valence-electron chi connectivity index (χ2n) is 5.29. The fraction of sp³-hybridized carbons (Fsp3) is 0.111. The van der Waals surface area contributed by atoms with Crippen molar-refractivity contribution in [3.8, 4) is 11.3 Å². The van der Waals surface area contributed by atoms with Gasteiger partial charge in [0.25, 0.3) is 5.91 Å². The number of aromatic nitrogens is 1. The van der Waals surface area contributed by atoms with Crippen LogP contribution in [-0.2, 0) is 0 Å². The fourth-order valence-corrected chi connectivity index (χ4v) is 2.40. The van der Waals surface area contributed by atoms with E-state index in [-0.39, 0.29) is 5.91 Å². The summed E-state index contributed by atoms with van der Waals surface area (Å²) in [5.41, 5.74) is 3.56. The van der Waals surface area contributed by atoms with E-state index in [1.807, 2.05) is 43.3 Å².